The molecule has 106 valence electrons. The number of aliphatic hydroxyl groups is 1. The Morgan fingerprint density at radius 2 is 2.06 bits per heavy atom. The lowest BCUT2D eigenvalue weighted by Crippen LogP contribution is -2.52. The van der Waals surface area contributed by atoms with Gasteiger partial charge < -0.3 is 15.5 Å². The van der Waals surface area contributed by atoms with E-state index in [0.29, 0.717) is 19.0 Å². The van der Waals surface area contributed by atoms with E-state index in [4.69, 9.17) is 0 Å². The zero-order valence-electron chi connectivity index (χ0n) is 11.9. The van der Waals surface area contributed by atoms with E-state index in [-0.39, 0.29) is 23.4 Å². The molecule has 1 aliphatic rings. The summed E-state index contributed by atoms with van der Waals surface area (Å²) < 4.78 is 0. The summed E-state index contributed by atoms with van der Waals surface area (Å²) in [6, 6.07) is 0.303. The lowest BCUT2D eigenvalue weighted by Gasteiger charge is -2.46. The summed E-state index contributed by atoms with van der Waals surface area (Å²) in [5.41, 5.74) is -0.209. The molecule has 1 fully saturated rings. The molecule has 4 heteroatoms. The fraction of sp³-hybridized carbons (Fsp3) is 0.929. The van der Waals surface area contributed by atoms with Crippen molar-refractivity contribution in [2.24, 2.45) is 17.3 Å². The summed E-state index contributed by atoms with van der Waals surface area (Å²) in [6.07, 6.45) is 2.03. The second-order valence-corrected chi connectivity index (χ2v) is 6.16. The molecule has 0 aromatic rings. The van der Waals surface area contributed by atoms with E-state index in [1.54, 1.807) is 0 Å². The van der Waals surface area contributed by atoms with Crippen molar-refractivity contribution >= 4 is 5.97 Å². The molecule has 0 spiro atoms. The highest BCUT2D eigenvalue weighted by Crippen LogP contribution is 2.45. The van der Waals surface area contributed by atoms with E-state index in [0.717, 1.165) is 12.8 Å². The Kier molecular flexibility index (Phi) is 5.17. The van der Waals surface area contributed by atoms with Crippen molar-refractivity contribution in [1.29, 1.82) is 0 Å². The Morgan fingerprint density at radius 3 is 2.56 bits per heavy atom. The number of carboxylic acids is 1. The SMILES string of the molecule is CCC(O)CNC1CCC(C(=O)O)C(C)(C)C1C. The molecule has 0 saturated heterocycles. The van der Waals surface area contributed by atoms with Crippen molar-refractivity contribution < 1.29 is 15.0 Å². The van der Waals surface area contributed by atoms with Gasteiger partial charge in [-0.05, 0) is 30.6 Å². The lowest BCUT2D eigenvalue weighted by molar-refractivity contribution is -0.150. The van der Waals surface area contributed by atoms with E-state index < -0.39 is 5.97 Å². The van der Waals surface area contributed by atoms with Crippen molar-refractivity contribution in [3.05, 3.63) is 0 Å². The van der Waals surface area contributed by atoms with Crippen LogP contribution in [-0.2, 0) is 4.79 Å². The largest absolute Gasteiger partial charge is 0.481 e. The number of hydrogen-bond acceptors (Lipinski definition) is 3. The highest BCUT2D eigenvalue weighted by molar-refractivity contribution is 5.71. The molecule has 1 saturated carbocycles. The predicted molar refractivity (Wildman–Crippen MR) is 71.4 cm³/mol. The smallest absolute Gasteiger partial charge is 0.307 e. The van der Waals surface area contributed by atoms with Crippen LogP contribution in [0.2, 0.25) is 0 Å². The maximum absolute atomic E-state index is 11.3. The first-order valence-electron chi connectivity index (χ1n) is 6.94. The highest BCUT2D eigenvalue weighted by Gasteiger charge is 2.46. The topological polar surface area (TPSA) is 69.6 Å². The van der Waals surface area contributed by atoms with Crippen molar-refractivity contribution in [3.63, 3.8) is 0 Å². The molecule has 0 heterocycles. The lowest BCUT2D eigenvalue weighted by atomic mass is 9.61. The quantitative estimate of drug-likeness (QED) is 0.703. The first-order valence-corrected chi connectivity index (χ1v) is 6.94. The third kappa shape index (κ3) is 3.23. The molecule has 18 heavy (non-hydrogen) atoms. The van der Waals surface area contributed by atoms with Crippen molar-refractivity contribution in [3.8, 4) is 0 Å². The van der Waals surface area contributed by atoms with Gasteiger partial charge in [0.05, 0.1) is 12.0 Å². The molecular weight excluding hydrogens is 230 g/mol. The molecular formula is C14H27NO3. The van der Waals surface area contributed by atoms with Crippen LogP contribution < -0.4 is 5.32 Å². The fourth-order valence-electron chi connectivity index (χ4n) is 2.96. The molecule has 0 bridgehead atoms. The van der Waals surface area contributed by atoms with Gasteiger partial charge in [0.2, 0.25) is 0 Å². The molecule has 3 N–H and O–H groups in total. The van der Waals surface area contributed by atoms with E-state index in [1.165, 1.54) is 0 Å². The van der Waals surface area contributed by atoms with Crippen LogP contribution in [0.4, 0.5) is 0 Å². The normalized spacial score (nSPS) is 33.1. The number of aliphatic hydroxyl groups excluding tert-OH is 1. The van der Waals surface area contributed by atoms with Gasteiger partial charge in [-0.2, -0.15) is 0 Å². The van der Waals surface area contributed by atoms with Gasteiger partial charge in [0, 0.05) is 12.6 Å². The fourth-order valence-corrected chi connectivity index (χ4v) is 2.96. The van der Waals surface area contributed by atoms with Gasteiger partial charge in [-0.3, -0.25) is 4.79 Å². The van der Waals surface area contributed by atoms with Crippen LogP contribution in [0.15, 0.2) is 0 Å². The van der Waals surface area contributed by atoms with Crippen LogP contribution in [0, 0.1) is 17.3 Å². The van der Waals surface area contributed by atoms with Crippen molar-refractivity contribution in [2.75, 3.05) is 6.54 Å². The summed E-state index contributed by atoms with van der Waals surface area (Å²) in [7, 11) is 0. The minimum Gasteiger partial charge on any atom is -0.481 e. The number of hydrogen-bond donors (Lipinski definition) is 3. The molecule has 1 rings (SSSR count). The molecule has 4 unspecified atom stereocenters. The van der Waals surface area contributed by atoms with Crippen LogP contribution >= 0.6 is 0 Å². The maximum Gasteiger partial charge on any atom is 0.307 e. The van der Waals surface area contributed by atoms with Crippen LogP contribution in [0.1, 0.15) is 47.0 Å². The Bertz CT molecular complexity index is 291. The average molecular weight is 257 g/mol. The Balaban J connectivity index is 2.63. The number of rotatable bonds is 5. The first-order chi connectivity index (χ1) is 8.30. The molecule has 4 atom stereocenters. The summed E-state index contributed by atoms with van der Waals surface area (Å²) in [5.74, 6) is -0.656. The van der Waals surface area contributed by atoms with Gasteiger partial charge in [0.15, 0.2) is 0 Å². The molecule has 0 aliphatic heterocycles. The van der Waals surface area contributed by atoms with Crippen molar-refractivity contribution in [1.82, 2.24) is 5.32 Å². The zero-order valence-corrected chi connectivity index (χ0v) is 11.9. The van der Waals surface area contributed by atoms with Crippen LogP contribution in [0.3, 0.4) is 0 Å². The maximum atomic E-state index is 11.3. The second-order valence-electron chi connectivity index (χ2n) is 6.16. The van der Waals surface area contributed by atoms with Gasteiger partial charge in [0.1, 0.15) is 0 Å². The van der Waals surface area contributed by atoms with Crippen molar-refractivity contribution in [2.45, 2.75) is 59.1 Å². The summed E-state index contributed by atoms with van der Waals surface area (Å²) in [4.78, 5) is 11.3. The summed E-state index contributed by atoms with van der Waals surface area (Å²) in [5, 5.41) is 22.3. The Morgan fingerprint density at radius 1 is 1.44 bits per heavy atom. The van der Waals surface area contributed by atoms with Crippen LogP contribution in [-0.4, -0.2) is 34.9 Å². The minimum absolute atomic E-state index is 0.209. The minimum atomic E-state index is -0.682. The van der Waals surface area contributed by atoms with Gasteiger partial charge in [-0.25, -0.2) is 0 Å². The second kappa shape index (κ2) is 6.02. The number of carbonyl (C=O) groups is 1. The Hall–Kier alpha value is -0.610. The number of nitrogens with one attached hydrogen (secondary N) is 1. The van der Waals surface area contributed by atoms with Gasteiger partial charge in [0.25, 0.3) is 0 Å². The summed E-state index contributed by atoms with van der Waals surface area (Å²) in [6.45, 7) is 8.76. The van der Waals surface area contributed by atoms with Gasteiger partial charge in [-0.15, -0.1) is 0 Å². The monoisotopic (exact) mass is 257 g/mol. The first kappa shape index (κ1) is 15.4. The third-order valence-corrected chi connectivity index (χ3v) is 4.83. The van der Waals surface area contributed by atoms with E-state index >= 15 is 0 Å². The summed E-state index contributed by atoms with van der Waals surface area (Å²) >= 11 is 0. The van der Waals surface area contributed by atoms with E-state index in [9.17, 15) is 15.0 Å². The Labute approximate surface area is 110 Å². The third-order valence-electron chi connectivity index (χ3n) is 4.83. The number of aliphatic carboxylic acids is 1. The van der Waals surface area contributed by atoms with Gasteiger partial charge >= 0.3 is 5.97 Å². The van der Waals surface area contributed by atoms with Gasteiger partial charge in [-0.1, -0.05) is 27.7 Å². The number of carboxylic acid groups (broad SMARTS) is 1. The predicted octanol–water partition coefficient (Wildman–Crippen LogP) is 1.87. The molecule has 0 radical (unpaired) electrons. The standard InChI is InChI=1S/C14H27NO3/c1-5-10(16)8-15-12-7-6-11(13(17)18)14(3,4)9(12)2/h9-12,15-16H,5-8H2,1-4H3,(H,17,18). The zero-order chi connectivity index (χ0) is 13.9. The van der Waals surface area contributed by atoms with E-state index in [2.05, 4.69) is 12.2 Å². The molecule has 0 amide bonds. The molecule has 0 aromatic carbocycles. The average Bonchev–Trinajstić information content (AvgIpc) is 2.30. The van der Waals surface area contributed by atoms with Crippen LogP contribution in [0.25, 0.3) is 0 Å². The highest BCUT2D eigenvalue weighted by atomic mass is 16.4. The molecule has 0 aromatic heterocycles. The van der Waals surface area contributed by atoms with Crippen LogP contribution in [0.5, 0.6) is 0 Å². The molecule has 1 aliphatic carbocycles. The van der Waals surface area contributed by atoms with E-state index in [1.807, 2.05) is 20.8 Å². The molecule has 4 nitrogen and oxygen atoms in total.